The maximum absolute atomic E-state index is 10.7. The lowest BCUT2D eigenvalue weighted by molar-refractivity contribution is 1.07. The molecule has 9 heavy (non-hydrogen) atoms. The summed E-state index contributed by atoms with van der Waals surface area (Å²) in [6.07, 6.45) is 1.33. The van der Waals surface area contributed by atoms with Crippen LogP contribution in [0.5, 0.6) is 0 Å². The zero-order valence-corrected chi connectivity index (χ0v) is 7.36. The van der Waals surface area contributed by atoms with Crippen molar-refractivity contribution < 1.29 is 0 Å². The van der Waals surface area contributed by atoms with Crippen LogP contribution in [0.25, 0.3) is 0 Å². The first-order valence-electron chi connectivity index (χ1n) is 2.10. The van der Waals surface area contributed by atoms with Gasteiger partial charge in [-0.3, -0.25) is 4.79 Å². The molecule has 48 valence electrons. The van der Waals surface area contributed by atoms with E-state index in [2.05, 4.69) is 41.8 Å². The van der Waals surface area contributed by atoms with Gasteiger partial charge in [0.25, 0.3) is 5.56 Å². The summed E-state index contributed by atoms with van der Waals surface area (Å²) in [7, 11) is 0. The lowest BCUT2D eigenvalue weighted by atomic mass is 10.7. The minimum Gasteiger partial charge on any atom is -0.312 e. The van der Waals surface area contributed by atoms with E-state index in [9.17, 15) is 4.79 Å². The Labute approximate surface area is 67.8 Å². The molecule has 0 amide bonds. The number of rotatable bonds is 0. The molecule has 0 spiro atoms. The monoisotopic (exact) mass is 252 g/mol. The van der Waals surface area contributed by atoms with E-state index in [1.54, 1.807) is 0 Å². The first-order chi connectivity index (χ1) is 4.22. The molecule has 0 radical (unpaired) electrons. The Morgan fingerprint density at radius 2 is 2.22 bits per heavy atom. The Hall–Kier alpha value is -0.160. The average Bonchev–Trinajstić information content (AvgIpc) is 1.83. The van der Waals surface area contributed by atoms with Crippen LogP contribution in [0.15, 0.2) is 20.2 Å². The third-order valence-corrected chi connectivity index (χ3v) is 2.62. The van der Waals surface area contributed by atoms with E-state index in [0.717, 1.165) is 0 Å². The zero-order valence-electron chi connectivity index (χ0n) is 4.19. The average molecular weight is 254 g/mol. The molecular weight excluding hydrogens is 252 g/mol. The first kappa shape index (κ1) is 6.95. The van der Waals surface area contributed by atoms with E-state index in [1.807, 2.05) is 0 Å². The van der Waals surface area contributed by atoms with Crippen LogP contribution in [0, 0.1) is 0 Å². The summed E-state index contributed by atoms with van der Waals surface area (Å²) in [5.74, 6) is 0. The van der Waals surface area contributed by atoms with Gasteiger partial charge in [-0.1, -0.05) is 0 Å². The van der Waals surface area contributed by atoms with Gasteiger partial charge in [0, 0.05) is 0 Å². The summed E-state index contributed by atoms with van der Waals surface area (Å²) < 4.78 is 0.941. The summed E-state index contributed by atoms with van der Waals surface area (Å²) in [4.78, 5) is 16.8. The molecule has 1 aromatic rings. The third kappa shape index (κ3) is 1.40. The van der Waals surface area contributed by atoms with Gasteiger partial charge in [-0.05, 0) is 31.9 Å². The molecule has 0 bridgehead atoms. The van der Waals surface area contributed by atoms with Gasteiger partial charge < -0.3 is 4.98 Å². The lowest BCUT2D eigenvalue weighted by Gasteiger charge is -1.88. The number of nitrogens with one attached hydrogen (secondary N) is 1. The highest BCUT2D eigenvalue weighted by atomic mass is 79.9. The number of hydrogen-bond donors (Lipinski definition) is 1. The van der Waals surface area contributed by atoms with Crippen molar-refractivity contribution in [2.75, 3.05) is 0 Å². The minimum atomic E-state index is -0.183. The molecule has 0 fully saturated rings. The topological polar surface area (TPSA) is 45.8 Å². The number of aromatic nitrogens is 2. The van der Waals surface area contributed by atoms with Gasteiger partial charge in [-0.15, -0.1) is 0 Å². The van der Waals surface area contributed by atoms with Crippen LogP contribution in [0.4, 0.5) is 0 Å². The fourth-order valence-corrected chi connectivity index (χ4v) is 0.861. The Bertz CT molecular complexity index is 270. The van der Waals surface area contributed by atoms with E-state index < -0.39 is 0 Å². The second-order valence-corrected chi connectivity index (χ2v) is 2.88. The zero-order chi connectivity index (χ0) is 6.85. The smallest absolute Gasteiger partial charge is 0.266 e. The maximum Gasteiger partial charge on any atom is 0.266 e. The first-order valence-corrected chi connectivity index (χ1v) is 3.69. The van der Waals surface area contributed by atoms with E-state index in [0.29, 0.717) is 9.08 Å². The molecule has 0 saturated heterocycles. The normalized spacial score (nSPS) is 9.56. The highest BCUT2D eigenvalue weighted by molar-refractivity contribution is 9.13. The summed E-state index contributed by atoms with van der Waals surface area (Å²) in [5.41, 5.74) is -0.183. The Morgan fingerprint density at radius 3 is 2.67 bits per heavy atom. The van der Waals surface area contributed by atoms with Crippen LogP contribution in [0.1, 0.15) is 0 Å². The molecule has 0 aliphatic carbocycles. The van der Waals surface area contributed by atoms with Gasteiger partial charge in [0.2, 0.25) is 0 Å². The third-order valence-electron chi connectivity index (χ3n) is 0.754. The Kier molecular flexibility index (Phi) is 2.02. The molecule has 0 unspecified atom stereocenters. The minimum absolute atomic E-state index is 0.183. The summed E-state index contributed by atoms with van der Waals surface area (Å²) in [6, 6.07) is 0. The molecule has 5 heteroatoms. The fraction of sp³-hybridized carbons (Fsp3) is 0. The fourth-order valence-electron chi connectivity index (χ4n) is 0.361. The van der Waals surface area contributed by atoms with E-state index in [1.165, 1.54) is 6.33 Å². The molecule has 0 aromatic carbocycles. The van der Waals surface area contributed by atoms with Crippen molar-refractivity contribution in [3.05, 3.63) is 25.8 Å². The van der Waals surface area contributed by atoms with Gasteiger partial charge in [0.15, 0.2) is 0 Å². The van der Waals surface area contributed by atoms with Crippen LogP contribution in [-0.2, 0) is 0 Å². The number of hydrogen-bond acceptors (Lipinski definition) is 2. The molecule has 1 heterocycles. The number of H-pyrrole nitrogens is 1. The van der Waals surface area contributed by atoms with Gasteiger partial charge in [-0.25, -0.2) is 4.98 Å². The van der Waals surface area contributed by atoms with Crippen molar-refractivity contribution in [2.45, 2.75) is 0 Å². The van der Waals surface area contributed by atoms with E-state index in [-0.39, 0.29) is 5.56 Å². The number of aromatic amines is 1. The van der Waals surface area contributed by atoms with Crippen LogP contribution in [0.2, 0.25) is 0 Å². The van der Waals surface area contributed by atoms with Crippen LogP contribution >= 0.6 is 31.9 Å². The van der Waals surface area contributed by atoms with Gasteiger partial charge in [0.1, 0.15) is 9.08 Å². The van der Waals surface area contributed by atoms with Crippen molar-refractivity contribution in [1.29, 1.82) is 0 Å². The van der Waals surface area contributed by atoms with Crippen molar-refractivity contribution in [3.8, 4) is 0 Å². The highest BCUT2D eigenvalue weighted by Gasteiger charge is 1.98. The van der Waals surface area contributed by atoms with Crippen LogP contribution < -0.4 is 5.56 Å². The number of nitrogens with zero attached hydrogens (tertiary/aromatic N) is 1. The summed E-state index contributed by atoms with van der Waals surface area (Å²) in [5, 5.41) is 0. The quantitative estimate of drug-likeness (QED) is 0.709. The van der Waals surface area contributed by atoms with E-state index >= 15 is 0 Å². The van der Waals surface area contributed by atoms with Crippen molar-refractivity contribution >= 4 is 31.9 Å². The Morgan fingerprint density at radius 1 is 1.56 bits per heavy atom. The van der Waals surface area contributed by atoms with Crippen molar-refractivity contribution in [3.63, 3.8) is 0 Å². The second-order valence-electron chi connectivity index (χ2n) is 1.34. The van der Waals surface area contributed by atoms with Crippen molar-refractivity contribution in [2.24, 2.45) is 0 Å². The van der Waals surface area contributed by atoms with Gasteiger partial charge in [0.05, 0.1) is 6.33 Å². The highest BCUT2D eigenvalue weighted by Crippen LogP contribution is 2.13. The maximum atomic E-state index is 10.7. The van der Waals surface area contributed by atoms with E-state index in [4.69, 9.17) is 0 Å². The van der Waals surface area contributed by atoms with Crippen LogP contribution in [-0.4, -0.2) is 9.97 Å². The lowest BCUT2D eigenvalue weighted by Crippen LogP contribution is -2.06. The van der Waals surface area contributed by atoms with Gasteiger partial charge >= 0.3 is 0 Å². The largest absolute Gasteiger partial charge is 0.312 e. The standard InChI is InChI=1S/C4H2Br2N2O/c5-2-3(6)7-1-8-4(2)9/h1H,(H,7,8,9). The number of halogens is 2. The molecule has 0 saturated carbocycles. The molecular formula is C4H2Br2N2O. The molecule has 0 aliphatic rings. The summed E-state index contributed by atoms with van der Waals surface area (Å²) >= 11 is 6.09. The predicted octanol–water partition coefficient (Wildman–Crippen LogP) is 1.29. The predicted molar refractivity (Wildman–Crippen MR) is 40.3 cm³/mol. The molecule has 0 atom stereocenters. The molecule has 1 N–H and O–H groups in total. The van der Waals surface area contributed by atoms with Crippen LogP contribution in [0.3, 0.4) is 0 Å². The SMILES string of the molecule is O=c1[nH]cnc(Br)c1Br. The molecule has 1 aromatic heterocycles. The molecule has 1 rings (SSSR count). The second kappa shape index (κ2) is 2.62. The van der Waals surface area contributed by atoms with Crippen molar-refractivity contribution in [1.82, 2.24) is 9.97 Å². The van der Waals surface area contributed by atoms with Gasteiger partial charge in [-0.2, -0.15) is 0 Å². The molecule has 0 aliphatic heterocycles. The Balaban J connectivity index is 3.43. The summed E-state index contributed by atoms with van der Waals surface area (Å²) in [6.45, 7) is 0. The molecule has 3 nitrogen and oxygen atoms in total.